The van der Waals surface area contributed by atoms with Crippen molar-refractivity contribution in [2.45, 2.75) is 39.3 Å². The Balaban J connectivity index is 2.20. The molecule has 0 aromatic heterocycles. The highest BCUT2D eigenvalue weighted by molar-refractivity contribution is 5.55. The molecule has 1 saturated heterocycles. The lowest BCUT2D eigenvalue weighted by atomic mass is 10.0. The minimum absolute atomic E-state index is 0.413. The topological polar surface area (TPSA) is 18.5 Å². The molecule has 1 aliphatic rings. The van der Waals surface area contributed by atoms with Crippen molar-refractivity contribution < 1.29 is 0 Å². The van der Waals surface area contributed by atoms with Crippen molar-refractivity contribution in [1.29, 1.82) is 0 Å². The summed E-state index contributed by atoms with van der Waals surface area (Å²) in [7, 11) is 2.25. The van der Waals surface area contributed by atoms with Gasteiger partial charge < -0.3 is 10.2 Å². The highest BCUT2D eigenvalue weighted by atomic mass is 15.3. The van der Waals surface area contributed by atoms with Gasteiger partial charge in [0.15, 0.2) is 0 Å². The molecule has 0 aliphatic carbocycles. The van der Waals surface area contributed by atoms with Crippen molar-refractivity contribution in [3.8, 4) is 0 Å². The Bertz CT molecular complexity index is 418. The van der Waals surface area contributed by atoms with Crippen LogP contribution in [0.4, 0.5) is 5.69 Å². The predicted molar refractivity (Wildman–Crippen MR) is 87.5 cm³/mol. The monoisotopic (exact) mass is 275 g/mol. The molecule has 1 aromatic rings. The van der Waals surface area contributed by atoms with E-state index in [0.29, 0.717) is 12.1 Å². The van der Waals surface area contributed by atoms with Crippen LogP contribution >= 0.6 is 0 Å². The molecular formula is C17H29N3. The molecule has 20 heavy (non-hydrogen) atoms. The Morgan fingerprint density at radius 2 is 2.00 bits per heavy atom. The molecule has 3 nitrogen and oxygen atoms in total. The van der Waals surface area contributed by atoms with E-state index in [1.807, 2.05) is 0 Å². The molecule has 1 aromatic carbocycles. The summed E-state index contributed by atoms with van der Waals surface area (Å²) >= 11 is 0. The minimum Gasteiger partial charge on any atom is -0.368 e. The number of para-hydroxylation sites is 1. The van der Waals surface area contributed by atoms with Crippen LogP contribution in [0.3, 0.4) is 0 Å². The average molecular weight is 275 g/mol. The zero-order valence-corrected chi connectivity index (χ0v) is 13.4. The lowest BCUT2D eigenvalue weighted by Gasteiger charge is -2.41. The molecule has 0 saturated carbocycles. The first-order valence-electron chi connectivity index (χ1n) is 7.94. The number of benzene rings is 1. The number of likely N-dealkylation sites (N-methyl/N-ethyl adjacent to an activating group) is 1. The predicted octanol–water partition coefficient (Wildman–Crippen LogP) is 2.89. The van der Waals surface area contributed by atoms with Gasteiger partial charge in [-0.05, 0) is 38.6 Å². The van der Waals surface area contributed by atoms with Gasteiger partial charge in [-0.3, -0.25) is 4.90 Å². The van der Waals surface area contributed by atoms with Crippen LogP contribution in [-0.2, 0) is 0 Å². The zero-order valence-electron chi connectivity index (χ0n) is 13.4. The van der Waals surface area contributed by atoms with E-state index in [0.717, 1.165) is 26.2 Å². The molecule has 1 heterocycles. The van der Waals surface area contributed by atoms with Gasteiger partial charge in [0.1, 0.15) is 0 Å². The van der Waals surface area contributed by atoms with E-state index in [1.54, 1.807) is 0 Å². The van der Waals surface area contributed by atoms with Crippen molar-refractivity contribution in [3.05, 3.63) is 29.8 Å². The third-order valence-corrected chi connectivity index (χ3v) is 4.50. The van der Waals surface area contributed by atoms with E-state index in [2.05, 4.69) is 67.2 Å². The van der Waals surface area contributed by atoms with Gasteiger partial charge in [-0.25, -0.2) is 0 Å². The van der Waals surface area contributed by atoms with Gasteiger partial charge in [-0.15, -0.1) is 0 Å². The van der Waals surface area contributed by atoms with Gasteiger partial charge in [-0.2, -0.15) is 0 Å². The Morgan fingerprint density at radius 1 is 1.25 bits per heavy atom. The van der Waals surface area contributed by atoms with Gasteiger partial charge in [-0.1, -0.05) is 32.0 Å². The molecule has 3 heteroatoms. The summed E-state index contributed by atoms with van der Waals surface area (Å²) in [5.41, 5.74) is 2.83. The Morgan fingerprint density at radius 3 is 2.70 bits per heavy atom. The van der Waals surface area contributed by atoms with Crippen LogP contribution in [0.5, 0.6) is 0 Å². The first kappa shape index (κ1) is 15.3. The van der Waals surface area contributed by atoms with Crippen molar-refractivity contribution in [3.63, 3.8) is 0 Å². The van der Waals surface area contributed by atoms with E-state index in [1.165, 1.54) is 17.7 Å². The summed E-state index contributed by atoms with van der Waals surface area (Å²) in [5.74, 6) is 0. The van der Waals surface area contributed by atoms with Crippen LogP contribution in [-0.4, -0.2) is 44.2 Å². The summed E-state index contributed by atoms with van der Waals surface area (Å²) in [5, 5.41) is 3.54. The number of nitrogens with one attached hydrogen (secondary N) is 1. The number of anilines is 1. The van der Waals surface area contributed by atoms with Crippen LogP contribution in [0.1, 0.15) is 38.8 Å². The second-order valence-corrected chi connectivity index (χ2v) is 5.83. The lowest BCUT2D eigenvalue weighted by molar-refractivity contribution is 0.213. The fraction of sp³-hybridized carbons (Fsp3) is 0.647. The van der Waals surface area contributed by atoms with Crippen molar-refractivity contribution in [1.82, 2.24) is 10.2 Å². The standard InChI is InChI=1S/C17H29N3/c1-5-15-13-20(12-11-19(15)4)17-10-8-7-9-16(17)14(3)18-6-2/h7-10,14-15,18H,5-6,11-13H2,1-4H3. The van der Waals surface area contributed by atoms with E-state index in [9.17, 15) is 0 Å². The molecule has 2 rings (SSSR count). The van der Waals surface area contributed by atoms with Crippen molar-refractivity contribution in [2.24, 2.45) is 0 Å². The quantitative estimate of drug-likeness (QED) is 0.891. The van der Waals surface area contributed by atoms with Gasteiger partial charge in [0.25, 0.3) is 0 Å². The summed E-state index contributed by atoms with van der Waals surface area (Å²) in [6.07, 6.45) is 1.22. The average Bonchev–Trinajstić information content (AvgIpc) is 2.48. The van der Waals surface area contributed by atoms with E-state index < -0.39 is 0 Å². The maximum atomic E-state index is 3.54. The minimum atomic E-state index is 0.413. The normalized spacial score (nSPS) is 22.0. The molecule has 1 N–H and O–H groups in total. The molecule has 2 atom stereocenters. The van der Waals surface area contributed by atoms with Crippen LogP contribution < -0.4 is 10.2 Å². The largest absolute Gasteiger partial charge is 0.368 e. The first-order chi connectivity index (χ1) is 9.67. The molecular weight excluding hydrogens is 246 g/mol. The third-order valence-electron chi connectivity index (χ3n) is 4.50. The molecule has 0 amide bonds. The smallest absolute Gasteiger partial charge is 0.0415 e. The van der Waals surface area contributed by atoms with Crippen LogP contribution in [0.25, 0.3) is 0 Å². The number of rotatable bonds is 5. The second kappa shape index (κ2) is 7.09. The van der Waals surface area contributed by atoms with E-state index >= 15 is 0 Å². The Kier molecular flexibility index (Phi) is 5.44. The number of piperazine rings is 1. The molecule has 0 bridgehead atoms. The van der Waals surface area contributed by atoms with Gasteiger partial charge in [0.2, 0.25) is 0 Å². The Hall–Kier alpha value is -1.06. The summed E-state index contributed by atoms with van der Waals surface area (Å²) in [4.78, 5) is 5.06. The molecule has 2 unspecified atom stereocenters. The highest BCUT2D eigenvalue weighted by Crippen LogP contribution is 2.28. The maximum Gasteiger partial charge on any atom is 0.0415 e. The maximum absolute atomic E-state index is 3.54. The van der Waals surface area contributed by atoms with E-state index in [4.69, 9.17) is 0 Å². The van der Waals surface area contributed by atoms with Crippen LogP contribution in [0, 0.1) is 0 Å². The highest BCUT2D eigenvalue weighted by Gasteiger charge is 2.24. The van der Waals surface area contributed by atoms with Gasteiger partial charge in [0.05, 0.1) is 0 Å². The van der Waals surface area contributed by atoms with Gasteiger partial charge in [0, 0.05) is 37.4 Å². The molecule has 1 aliphatic heterocycles. The first-order valence-corrected chi connectivity index (χ1v) is 7.94. The fourth-order valence-electron chi connectivity index (χ4n) is 3.16. The molecule has 1 fully saturated rings. The number of hydrogen-bond donors (Lipinski definition) is 1. The molecule has 112 valence electrons. The van der Waals surface area contributed by atoms with Crippen molar-refractivity contribution in [2.75, 3.05) is 38.1 Å². The van der Waals surface area contributed by atoms with Crippen LogP contribution in [0.15, 0.2) is 24.3 Å². The summed E-state index contributed by atoms with van der Waals surface area (Å²) < 4.78 is 0. The SMILES string of the molecule is CCNC(C)c1ccccc1N1CCN(C)C(CC)C1. The number of hydrogen-bond acceptors (Lipinski definition) is 3. The summed E-state index contributed by atoms with van der Waals surface area (Å²) in [6, 6.07) is 9.95. The second-order valence-electron chi connectivity index (χ2n) is 5.83. The molecule has 0 radical (unpaired) electrons. The third kappa shape index (κ3) is 3.33. The zero-order chi connectivity index (χ0) is 14.5. The fourth-order valence-corrected chi connectivity index (χ4v) is 3.16. The molecule has 0 spiro atoms. The van der Waals surface area contributed by atoms with E-state index in [-0.39, 0.29) is 0 Å². The Labute approximate surface area is 124 Å². The van der Waals surface area contributed by atoms with Gasteiger partial charge >= 0.3 is 0 Å². The lowest BCUT2D eigenvalue weighted by Crippen LogP contribution is -2.51. The van der Waals surface area contributed by atoms with Crippen LogP contribution in [0.2, 0.25) is 0 Å². The summed E-state index contributed by atoms with van der Waals surface area (Å²) in [6.45, 7) is 11.2. The number of nitrogens with zero attached hydrogens (tertiary/aromatic N) is 2. The van der Waals surface area contributed by atoms with Crippen molar-refractivity contribution >= 4 is 5.69 Å².